The molecule has 17 heavy (non-hydrogen) atoms. The van der Waals surface area contributed by atoms with Crippen molar-refractivity contribution in [3.05, 3.63) is 59.1 Å². The van der Waals surface area contributed by atoms with Crippen LogP contribution in [0.25, 0.3) is 6.08 Å². The molecule has 2 rings (SSSR count). The van der Waals surface area contributed by atoms with Crippen molar-refractivity contribution in [1.82, 2.24) is 9.69 Å². The number of amides is 1. The molecule has 0 aliphatic heterocycles. The lowest BCUT2D eigenvalue weighted by Gasteiger charge is -1.98. The van der Waals surface area contributed by atoms with Crippen LogP contribution in [0.15, 0.2) is 48.0 Å². The third-order valence-electron chi connectivity index (χ3n) is 2.18. The summed E-state index contributed by atoms with van der Waals surface area (Å²) in [6, 6.07) is 9.97. The molecular weight excluding hydrogens is 232 g/mol. The summed E-state index contributed by atoms with van der Waals surface area (Å²) in [5, 5.41) is 4.53. The highest BCUT2D eigenvalue weighted by molar-refractivity contribution is 7.03. The second-order valence-corrected chi connectivity index (χ2v) is 4.09. The van der Waals surface area contributed by atoms with Crippen molar-refractivity contribution in [2.24, 2.45) is 0 Å². The fourth-order valence-electron chi connectivity index (χ4n) is 1.33. The number of carbonyl (C=O) groups is 1. The number of hydrogen-bond acceptors (Lipinski definition) is 3. The van der Waals surface area contributed by atoms with Crippen LogP contribution in [0, 0.1) is 0 Å². The van der Waals surface area contributed by atoms with E-state index in [0.29, 0.717) is 12.1 Å². The van der Waals surface area contributed by atoms with Crippen LogP contribution in [0.1, 0.15) is 15.9 Å². The minimum absolute atomic E-state index is 0.0866. The molecule has 3 nitrogen and oxygen atoms in total. The molecule has 86 valence electrons. The Morgan fingerprint density at radius 1 is 1.35 bits per heavy atom. The van der Waals surface area contributed by atoms with Gasteiger partial charge >= 0.3 is 0 Å². The van der Waals surface area contributed by atoms with Gasteiger partial charge in [0.2, 0.25) is 0 Å². The van der Waals surface area contributed by atoms with Gasteiger partial charge in [-0.05, 0) is 17.1 Å². The van der Waals surface area contributed by atoms with Crippen LogP contribution in [-0.2, 0) is 0 Å². The summed E-state index contributed by atoms with van der Waals surface area (Å²) in [7, 11) is 0. The maximum atomic E-state index is 11.5. The summed E-state index contributed by atoms with van der Waals surface area (Å²) in [5.41, 5.74) is 1.74. The summed E-state index contributed by atoms with van der Waals surface area (Å²) in [5.74, 6) is -0.0866. The van der Waals surface area contributed by atoms with Crippen molar-refractivity contribution < 1.29 is 4.79 Å². The standard InChI is InChI=1S/C13H12N2OS/c16-13(12-9-15-17-10-12)14-8-4-7-11-5-2-1-3-6-11/h1-7,9-10H,8H2,(H,14,16)/b7-4+. The predicted octanol–water partition coefficient (Wildman–Crippen LogP) is 2.59. The van der Waals surface area contributed by atoms with Crippen LogP contribution < -0.4 is 5.32 Å². The molecule has 0 radical (unpaired) electrons. The van der Waals surface area contributed by atoms with Crippen LogP contribution in [-0.4, -0.2) is 16.8 Å². The first-order valence-corrected chi connectivity index (χ1v) is 6.09. The molecule has 0 fully saturated rings. The van der Waals surface area contributed by atoms with Crippen LogP contribution in [0.2, 0.25) is 0 Å². The van der Waals surface area contributed by atoms with Crippen LogP contribution in [0.4, 0.5) is 0 Å². The summed E-state index contributed by atoms with van der Waals surface area (Å²) in [6.07, 6.45) is 5.47. The average molecular weight is 244 g/mol. The highest BCUT2D eigenvalue weighted by Gasteiger charge is 2.03. The third-order valence-corrected chi connectivity index (χ3v) is 2.77. The number of carbonyl (C=O) groups excluding carboxylic acids is 1. The van der Waals surface area contributed by atoms with E-state index in [-0.39, 0.29) is 5.91 Å². The van der Waals surface area contributed by atoms with Gasteiger partial charge in [-0.15, -0.1) is 0 Å². The zero-order chi connectivity index (χ0) is 11.9. The lowest BCUT2D eigenvalue weighted by Crippen LogP contribution is -2.22. The molecule has 1 heterocycles. The van der Waals surface area contributed by atoms with E-state index in [1.165, 1.54) is 11.5 Å². The Bertz CT molecular complexity index is 491. The van der Waals surface area contributed by atoms with Gasteiger partial charge in [-0.2, -0.15) is 0 Å². The first-order chi connectivity index (χ1) is 8.36. The number of nitrogens with one attached hydrogen (secondary N) is 1. The maximum absolute atomic E-state index is 11.5. The lowest BCUT2D eigenvalue weighted by molar-refractivity contribution is 0.0958. The molecule has 0 unspecified atom stereocenters. The molecule has 1 aromatic carbocycles. The van der Waals surface area contributed by atoms with Crippen molar-refractivity contribution in [2.45, 2.75) is 0 Å². The molecule has 0 atom stereocenters. The van der Waals surface area contributed by atoms with E-state index < -0.39 is 0 Å². The van der Waals surface area contributed by atoms with E-state index in [4.69, 9.17) is 0 Å². The molecule has 0 aliphatic rings. The van der Waals surface area contributed by atoms with Gasteiger partial charge in [0, 0.05) is 11.9 Å². The monoisotopic (exact) mass is 244 g/mol. The highest BCUT2D eigenvalue weighted by atomic mass is 32.1. The quantitative estimate of drug-likeness (QED) is 0.898. The van der Waals surface area contributed by atoms with Gasteiger partial charge in [-0.3, -0.25) is 4.79 Å². The Kier molecular flexibility index (Phi) is 4.05. The highest BCUT2D eigenvalue weighted by Crippen LogP contribution is 2.02. The molecule has 1 amide bonds. The summed E-state index contributed by atoms with van der Waals surface area (Å²) in [4.78, 5) is 11.5. The van der Waals surface area contributed by atoms with Crippen molar-refractivity contribution in [2.75, 3.05) is 6.54 Å². The zero-order valence-electron chi connectivity index (χ0n) is 9.17. The largest absolute Gasteiger partial charge is 0.348 e. The minimum Gasteiger partial charge on any atom is -0.348 e. The average Bonchev–Trinajstić information content (AvgIpc) is 2.89. The lowest BCUT2D eigenvalue weighted by atomic mass is 10.2. The summed E-state index contributed by atoms with van der Waals surface area (Å²) in [6.45, 7) is 0.517. The molecule has 1 N–H and O–H groups in total. The molecular formula is C13H12N2OS. The first-order valence-electron chi connectivity index (χ1n) is 5.25. The second kappa shape index (κ2) is 5.96. The number of benzene rings is 1. The second-order valence-electron chi connectivity index (χ2n) is 3.44. The van der Waals surface area contributed by atoms with Crippen LogP contribution >= 0.6 is 11.5 Å². The molecule has 4 heteroatoms. The topological polar surface area (TPSA) is 42.0 Å². The smallest absolute Gasteiger partial charge is 0.254 e. The van der Waals surface area contributed by atoms with Gasteiger partial charge in [0.05, 0.1) is 11.8 Å². The van der Waals surface area contributed by atoms with Gasteiger partial charge in [-0.25, -0.2) is 4.37 Å². The Hall–Kier alpha value is -1.94. The Labute approximate surface area is 104 Å². The van der Waals surface area contributed by atoms with E-state index in [9.17, 15) is 4.79 Å². The normalized spacial score (nSPS) is 10.6. The Balaban J connectivity index is 1.80. The fraction of sp³-hybridized carbons (Fsp3) is 0.0769. The molecule has 0 bridgehead atoms. The molecule has 0 saturated carbocycles. The van der Waals surface area contributed by atoms with Gasteiger partial charge in [0.15, 0.2) is 0 Å². The molecule has 0 saturated heterocycles. The fourth-order valence-corrected chi connectivity index (χ4v) is 1.85. The van der Waals surface area contributed by atoms with Crippen molar-refractivity contribution in [1.29, 1.82) is 0 Å². The van der Waals surface area contributed by atoms with Gasteiger partial charge in [-0.1, -0.05) is 42.5 Å². The number of hydrogen-bond donors (Lipinski definition) is 1. The van der Waals surface area contributed by atoms with E-state index >= 15 is 0 Å². The zero-order valence-corrected chi connectivity index (χ0v) is 9.98. The van der Waals surface area contributed by atoms with Crippen molar-refractivity contribution in [3.63, 3.8) is 0 Å². The molecule has 1 aromatic heterocycles. The summed E-state index contributed by atoms with van der Waals surface area (Å²) < 4.78 is 3.88. The van der Waals surface area contributed by atoms with Crippen molar-refractivity contribution >= 4 is 23.5 Å². The third kappa shape index (κ3) is 3.53. The molecule has 0 spiro atoms. The Morgan fingerprint density at radius 2 is 2.18 bits per heavy atom. The molecule has 0 aliphatic carbocycles. The maximum Gasteiger partial charge on any atom is 0.254 e. The number of nitrogens with zero attached hydrogens (tertiary/aromatic N) is 1. The van der Waals surface area contributed by atoms with E-state index in [0.717, 1.165) is 5.56 Å². The first kappa shape index (κ1) is 11.5. The minimum atomic E-state index is -0.0866. The van der Waals surface area contributed by atoms with Gasteiger partial charge < -0.3 is 5.32 Å². The SMILES string of the molecule is O=C(NC/C=C/c1ccccc1)c1cnsc1. The van der Waals surface area contributed by atoms with Gasteiger partial charge in [0.1, 0.15) is 0 Å². The van der Waals surface area contributed by atoms with Crippen LogP contribution in [0.3, 0.4) is 0 Å². The van der Waals surface area contributed by atoms with E-state index in [2.05, 4.69) is 9.69 Å². The predicted molar refractivity (Wildman–Crippen MR) is 69.9 cm³/mol. The van der Waals surface area contributed by atoms with Crippen molar-refractivity contribution in [3.8, 4) is 0 Å². The van der Waals surface area contributed by atoms with Gasteiger partial charge in [0.25, 0.3) is 5.91 Å². The summed E-state index contributed by atoms with van der Waals surface area (Å²) >= 11 is 1.28. The van der Waals surface area contributed by atoms with E-state index in [1.807, 2.05) is 42.5 Å². The number of rotatable bonds is 4. The van der Waals surface area contributed by atoms with Crippen LogP contribution in [0.5, 0.6) is 0 Å². The molecule has 2 aromatic rings. The van der Waals surface area contributed by atoms with E-state index in [1.54, 1.807) is 11.6 Å². The Morgan fingerprint density at radius 3 is 2.88 bits per heavy atom. The number of aromatic nitrogens is 1.